The van der Waals surface area contributed by atoms with Crippen molar-refractivity contribution in [3.63, 3.8) is 0 Å². The largest absolute Gasteiger partial charge is 0.478 e. The summed E-state index contributed by atoms with van der Waals surface area (Å²) in [7, 11) is 0. The molecule has 116 valence electrons. The second kappa shape index (κ2) is 6.80. The van der Waals surface area contributed by atoms with Crippen LogP contribution in [0.3, 0.4) is 0 Å². The third-order valence-corrected chi connectivity index (χ3v) is 2.60. The Morgan fingerprint density at radius 3 is 2.27 bits per heavy atom. The first-order valence-corrected chi connectivity index (χ1v) is 5.89. The number of carboxylic acid groups (broad SMARTS) is 1. The SMILES string of the molecule is C#CC(OC(=O)CC(=C)C(=O)O)c1ccc(C(F)(F)F)cc1. The molecule has 22 heavy (non-hydrogen) atoms. The number of carbonyl (C=O) groups excluding carboxylic acids is 1. The smallest absolute Gasteiger partial charge is 0.416 e. The molecule has 1 unspecified atom stereocenters. The second-order valence-corrected chi connectivity index (χ2v) is 4.24. The van der Waals surface area contributed by atoms with Crippen LogP contribution < -0.4 is 0 Å². The van der Waals surface area contributed by atoms with Crippen LogP contribution in [0.5, 0.6) is 0 Å². The second-order valence-electron chi connectivity index (χ2n) is 4.24. The molecule has 0 spiro atoms. The lowest BCUT2D eigenvalue weighted by Crippen LogP contribution is -2.13. The summed E-state index contributed by atoms with van der Waals surface area (Å²) in [5, 5.41) is 8.59. The summed E-state index contributed by atoms with van der Waals surface area (Å²) in [6, 6.07) is 3.80. The molecule has 0 amide bonds. The molecule has 7 heteroatoms. The average Bonchev–Trinajstić information content (AvgIpc) is 2.43. The van der Waals surface area contributed by atoms with Gasteiger partial charge in [0, 0.05) is 11.1 Å². The van der Waals surface area contributed by atoms with Crippen LogP contribution in [-0.2, 0) is 20.5 Å². The predicted octanol–water partition coefficient (Wildman–Crippen LogP) is 2.95. The molecule has 0 aliphatic heterocycles. The maximum Gasteiger partial charge on any atom is 0.416 e. The Bertz CT molecular complexity index is 624. The van der Waals surface area contributed by atoms with E-state index >= 15 is 0 Å². The molecular weight excluding hydrogens is 301 g/mol. The number of ether oxygens (including phenoxy) is 1. The minimum absolute atomic E-state index is 0.171. The van der Waals surface area contributed by atoms with Crippen LogP contribution in [0.25, 0.3) is 0 Å². The van der Waals surface area contributed by atoms with Crippen LogP contribution in [0, 0.1) is 12.3 Å². The van der Waals surface area contributed by atoms with Gasteiger partial charge in [0.15, 0.2) is 6.10 Å². The molecule has 0 saturated carbocycles. The van der Waals surface area contributed by atoms with Gasteiger partial charge in [-0.25, -0.2) is 4.79 Å². The fraction of sp³-hybridized carbons (Fsp3) is 0.200. The highest BCUT2D eigenvalue weighted by Crippen LogP contribution is 2.30. The van der Waals surface area contributed by atoms with Crippen molar-refractivity contribution in [2.45, 2.75) is 18.7 Å². The molecule has 0 heterocycles. The summed E-state index contributed by atoms with van der Waals surface area (Å²) in [5.41, 5.74) is -1.07. The minimum atomic E-state index is -4.49. The fourth-order valence-electron chi connectivity index (χ4n) is 1.47. The van der Waals surface area contributed by atoms with Crippen molar-refractivity contribution in [3.8, 4) is 12.3 Å². The van der Waals surface area contributed by atoms with E-state index in [0.717, 1.165) is 24.3 Å². The lowest BCUT2D eigenvalue weighted by atomic mass is 10.1. The molecule has 1 N–H and O–H groups in total. The van der Waals surface area contributed by atoms with Crippen LogP contribution >= 0.6 is 0 Å². The minimum Gasteiger partial charge on any atom is -0.478 e. The molecule has 0 fully saturated rings. The van der Waals surface area contributed by atoms with Gasteiger partial charge in [0.2, 0.25) is 0 Å². The number of carbonyl (C=O) groups is 2. The van der Waals surface area contributed by atoms with Crippen molar-refractivity contribution in [1.82, 2.24) is 0 Å². The Morgan fingerprint density at radius 2 is 1.86 bits per heavy atom. The zero-order chi connectivity index (χ0) is 16.9. The molecule has 1 atom stereocenters. The number of halogens is 3. The topological polar surface area (TPSA) is 63.6 Å². The molecule has 0 aliphatic carbocycles. The molecule has 1 rings (SSSR count). The normalized spacial score (nSPS) is 12.1. The molecule has 1 aromatic carbocycles. The predicted molar refractivity (Wildman–Crippen MR) is 70.5 cm³/mol. The average molecular weight is 312 g/mol. The van der Waals surface area contributed by atoms with Gasteiger partial charge in [-0.2, -0.15) is 13.2 Å². The Labute approximate surface area is 124 Å². The van der Waals surface area contributed by atoms with Crippen molar-refractivity contribution >= 4 is 11.9 Å². The van der Waals surface area contributed by atoms with E-state index in [-0.39, 0.29) is 11.1 Å². The van der Waals surface area contributed by atoms with Crippen LogP contribution in [0.15, 0.2) is 36.4 Å². The highest BCUT2D eigenvalue weighted by atomic mass is 19.4. The van der Waals surface area contributed by atoms with E-state index in [4.69, 9.17) is 16.3 Å². The summed E-state index contributed by atoms with van der Waals surface area (Å²) in [4.78, 5) is 22.0. The summed E-state index contributed by atoms with van der Waals surface area (Å²) in [6.07, 6.45) is -1.09. The van der Waals surface area contributed by atoms with Crippen molar-refractivity contribution in [3.05, 3.63) is 47.5 Å². The summed E-state index contributed by atoms with van der Waals surface area (Å²) in [6.45, 7) is 3.16. The van der Waals surface area contributed by atoms with E-state index in [1.807, 2.05) is 0 Å². The van der Waals surface area contributed by atoms with Gasteiger partial charge in [-0.1, -0.05) is 24.6 Å². The molecule has 1 aromatic rings. The van der Waals surface area contributed by atoms with E-state index in [9.17, 15) is 22.8 Å². The van der Waals surface area contributed by atoms with E-state index in [1.54, 1.807) is 0 Å². The van der Waals surface area contributed by atoms with Gasteiger partial charge >= 0.3 is 18.1 Å². The Morgan fingerprint density at radius 1 is 1.32 bits per heavy atom. The van der Waals surface area contributed by atoms with Crippen LogP contribution in [0.1, 0.15) is 23.7 Å². The van der Waals surface area contributed by atoms with Gasteiger partial charge in [0.1, 0.15) is 0 Å². The van der Waals surface area contributed by atoms with Gasteiger partial charge in [0.05, 0.1) is 12.0 Å². The molecule has 0 radical (unpaired) electrons. The monoisotopic (exact) mass is 312 g/mol. The van der Waals surface area contributed by atoms with Crippen molar-refractivity contribution < 1.29 is 32.6 Å². The van der Waals surface area contributed by atoms with Crippen molar-refractivity contribution in [1.29, 1.82) is 0 Å². The third-order valence-electron chi connectivity index (χ3n) is 2.60. The maximum atomic E-state index is 12.4. The number of esters is 1. The highest BCUT2D eigenvalue weighted by molar-refractivity contribution is 5.91. The van der Waals surface area contributed by atoms with E-state index in [0.29, 0.717) is 0 Å². The van der Waals surface area contributed by atoms with Gasteiger partial charge in [0.25, 0.3) is 0 Å². The van der Waals surface area contributed by atoms with Gasteiger partial charge < -0.3 is 9.84 Å². The van der Waals surface area contributed by atoms with Gasteiger partial charge in [-0.15, -0.1) is 6.42 Å². The number of hydrogen-bond acceptors (Lipinski definition) is 3. The number of carboxylic acids is 1. The Hall–Kier alpha value is -2.75. The number of aliphatic carboxylic acids is 1. The van der Waals surface area contributed by atoms with Crippen LogP contribution in [-0.4, -0.2) is 17.0 Å². The number of terminal acetylenes is 1. The van der Waals surface area contributed by atoms with Crippen molar-refractivity contribution in [2.75, 3.05) is 0 Å². The first-order valence-electron chi connectivity index (χ1n) is 5.89. The van der Waals surface area contributed by atoms with E-state index in [2.05, 4.69) is 12.5 Å². The lowest BCUT2D eigenvalue weighted by molar-refractivity contribution is -0.147. The quantitative estimate of drug-likeness (QED) is 0.516. The van der Waals surface area contributed by atoms with Crippen LogP contribution in [0.4, 0.5) is 13.2 Å². The first-order chi connectivity index (χ1) is 10.1. The molecule has 0 bridgehead atoms. The number of hydrogen-bond donors (Lipinski definition) is 1. The Kier molecular flexibility index (Phi) is 5.35. The maximum absolute atomic E-state index is 12.4. The molecule has 0 aliphatic rings. The molecule has 0 aromatic heterocycles. The molecule has 4 nitrogen and oxygen atoms in total. The van der Waals surface area contributed by atoms with Gasteiger partial charge in [-0.3, -0.25) is 4.79 Å². The third kappa shape index (κ3) is 4.66. The standard InChI is InChI=1S/C15H11F3O4/c1-3-12(22-13(19)8-9(2)14(20)21)10-4-6-11(7-5-10)15(16,17)18/h1,4-7,12H,2,8H2,(H,20,21). The summed E-state index contributed by atoms with van der Waals surface area (Å²) in [5.74, 6) is -0.184. The fourth-order valence-corrected chi connectivity index (χ4v) is 1.47. The summed E-state index contributed by atoms with van der Waals surface area (Å²) < 4.78 is 42.2. The lowest BCUT2D eigenvalue weighted by Gasteiger charge is -2.14. The molecular formula is C15H11F3O4. The number of benzene rings is 1. The number of alkyl halides is 3. The first kappa shape index (κ1) is 17.3. The van der Waals surface area contributed by atoms with Gasteiger partial charge in [-0.05, 0) is 12.1 Å². The van der Waals surface area contributed by atoms with E-state index < -0.39 is 36.2 Å². The van der Waals surface area contributed by atoms with Crippen LogP contribution in [0.2, 0.25) is 0 Å². The summed E-state index contributed by atoms with van der Waals surface area (Å²) >= 11 is 0. The molecule has 0 saturated heterocycles. The van der Waals surface area contributed by atoms with E-state index in [1.165, 1.54) is 0 Å². The zero-order valence-electron chi connectivity index (χ0n) is 11.2. The Balaban J connectivity index is 2.81. The van der Waals surface area contributed by atoms with Crippen molar-refractivity contribution in [2.24, 2.45) is 0 Å². The highest BCUT2D eigenvalue weighted by Gasteiger charge is 2.30. The number of rotatable bonds is 5. The zero-order valence-corrected chi connectivity index (χ0v) is 11.2.